The smallest absolute Gasteiger partial charge is 0.306 e. The molecule has 1 aliphatic heterocycles. The molecule has 4 aliphatic rings. The second-order valence-electron chi connectivity index (χ2n) is 8.01. The van der Waals surface area contributed by atoms with Gasteiger partial charge in [0.2, 0.25) is 0 Å². The predicted molar refractivity (Wildman–Crippen MR) is 78.5 cm³/mol. The Balaban J connectivity index is 1.67. The first-order valence-electron chi connectivity index (χ1n) is 8.38. The molecule has 1 saturated heterocycles. The van der Waals surface area contributed by atoms with Crippen LogP contribution in [0.1, 0.15) is 58.8 Å². The van der Waals surface area contributed by atoms with Crippen LogP contribution in [0.3, 0.4) is 0 Å². The molecule has 0 radical (unpaired) electrons. The summed E-state index contributed by atoms with van der Waals surface area (Å²) in [7, 11) is 0. The average Bonchev–Trinajstić information content (AvgIpc) is 2.71. The molecule has 1 heterocycles. The van der Waals surface area contributed by atoms with Crippen molar-refractivity contribution in [3.63, 3.8) is 0 Å². The molecule has 3 fully saturated rings. The molecule has 3 heteroatoms. The van der Waals surface area contributed by atoms with Gasteiger partial charge in [-0.2, -0.15) is 0 Å². The third-order valence-corrected chi connectivity index (χ3v) is 6.95. The van der Waals surface area contributed by atoms with E-state index in [1.54, 1.807) is 0 Å². The molecule has 0 amide bonds. The minimum absolute atomic E-state index is 0.0224. The highest BCUT2D eigenvalue weighted by Gasteiger charge is 2.58. The van der Waals surface area contributed by atoms with Crippen molar-refractivity contribution in [2.24, 2.45) is 23.2 Å². The Bertz CT molecular complexity index is 549. The summed E-state index contributed by atoms with van der Waals surface area (Å²) >= 11 is 0. The largest absolute Gasteiger partial charge is 0.459 e. The maximum absolute atomic E-state index is 11.9. The van der Waals surface area contributed by atoms with Crippen molar-refractivity contribution in [2.75, 3.05) is 0 Å². The maximum atomic E-state index is 11.9. The Morgan fingerprint density at radius 3 is 2.71 bits per heavy atom. The van der Waals surface area contributed by atoms with Gasteiger partial charge in [0.1, 0.15) is 5.60 Å². The van der Waals surface area contributed by atoms with E-state index < -0.39 is 0 Å². The van der Waals surface area contributed by atoms with Gasteiger partial charge in [0.05, 0.1) is 0 Å². The highest BCUT2D eigenvalue weighted by atomic mass is 16.6. The van der Waals surface area contributed by atoms with Gasteiger partial charge in [-0.3, -0.25) is 9.59 Å². The van der Waals surface area contributed by atoms with Gasteiger partial charge >= 0.3 is 5.97 Å². The number of carbonyl (C=O) groups excluding carboxylic acids is 2. The molecule has 5 atom stereocenters. The summed E-state index contributed by atoms with van der Waals surface area (Å²) < 4.78 is 5.77. The molecule has 0 aromatic heterocycles. The van der Waals surface area contributed by atoms with Crippen molar-refractivity contribution >= 4 is 11.8 Å². The molecule has 0 N–H and O–H groups in total. The van der Waals surface area contributed by atoms with Gasteiger partial charge < -0.3 is 4.74 Å². The van der Waals surface area contributed by atoms with E-state index >= 15 is 0 Å². The van der Waals surface area contributed by atoms with Gasteiger partial charge in [0, 0.05) is 18.8 Å². The fourth-order valence-electron chi connectivity index (χ4n) is 5.93. The van der Waals surface area contributed by atoms with Crippen LogP contribution in [-0.4, -0.2) is 17.4 Å². The Morgan fingerprint density at radius 2 is 1.90 bits per heavy atom. The number of allylic oxidation sites excluding steroid dienone is 2. The van der Waals surface area contributed by atoms with Crippen molar-refractivity contribution < 1.29 is 14.3 Å². The third kappa shape index (κ3) is 1.79. The standard InChI is InChI=1S/C18H24O3/c1-17-10-12(19)9-11(17)3-4-13-14(17)7-8-18(2)15(13)5-6-16(20)21-18/h9,13-15H,3-8,10H2,1-2H3/t13-,14-,15-,17+,18-/m0/s1. The minimum atomic E-state index is -0.253. The van der Waals surface area contributed by atoms with E-state index in [9.17, 15) is 9.59 Å². The highest BCUT2D eigenvalue weighted by Crippen LogP contribution is 2.62. The number of hydrogen-bond donors (Lipinski definition) is 0. The first kappa shape index (κ1) is 13.5. The van der Waals surface area contributed by atoms with Crippen molar-refractivity contribution in [3.8, 4) is 0 Å². The van der Waals surface area contributed by atoms with Crippen molar-refractivity contribution in [1.82, 2.24) is 0 Å². The molecule has 21 heavy (non-hydrogen) atoms. The van der Waals surface area contributed by atoms with Crippen molar-refractivity contribution in [1.29, 1.82) is 0 Å². The number of fused-ring (bicyclic) bond motifs is 5. The Hall–Kier alpha value is -1.12. The number of carbonyl (C=O) groups is 2. The summed E-state index contributed by atoms with van der Waals surface area (Å²) in [4.78, 5) is 23.6. The maximum Gasteiger partial charge on any atom is 0.306 e. The van der Waals surface area contributed by atoms with E-state index in [0.717, 1.165) is 32.1 Å². The summed E-state index contributed by atoms with van der Waals surface area (Å²) in [5, 5.41) is 0. The van der Waals surface area contributed by atoms with Crippen molar-refractivity contribution in [2.45, 2.75) is 64.4 Å². The predicted octanol–water partition coefficient (Wildman–Crippen LogP) is 3.42. The van der Waals surface area contributed by atoms with Gasteiger partial charge in [-0.15, -0.1) is 0 Å². The summed E-state index contributed by atoms with van der Waals surface area (Å²) in [5.74, 6) is 1.99. The van der Waals surface area contributed by atoms with E-state index in [4.69, 9.17) is 4.74 Å². The molecule has 3 nitrogen and oxygen atoms in total. The molecular formula is C18H24O3. The van der Waals surface area contributed by atoms with E-state index in [-0.39, 0.29) is 17.0 Å². The Kier molecular flexibility index (Phi) is 2.71. The van der Waals surface area contributed by atoms with Crippen LogP contribution in [0.4, 0.5) is 0 Å². The van der Waals surface area contributed by atoms with E-state index in [0.29, 0.717) is 36.4 Å². The molecule has 0 unspecified atom stereocenters. The summed E-state index contributed by atoms with van der Waals surface area (Å²) in [5.41, 5.74) is 1.23. The zero-order valence-electron chi connectivity index (χ0n) is 13.0. The summed E-state index contributed by atoms with van der Waals surface area (Å²) in [6, 6.07) is 0. The van der Waals surface area contributed by atoms with Crippen LogP contribution in [0.15, 0.2) is 11.6 Å². The van der Waals surface area contributed by atoms with Gasteiger partial charge in [-0.1, -0.05) is 12.5 Å². The number of rotatable bonds is 0. The molecule has 0 spiro atoms. The molecule has 114 valence electrons. The molecule has 0 aromatic carbocycles. The molecular weight excluding hydrogens is 264 g/mol. The topological polar surface area (TPSA) is 43.4 Å². The second kappa shape index (κ2) is 4.21. The lowest BCUT2D eigenvalue weighted by atomic mass is 9.50. The zero-order valence-corrected chi connectivity index (χ0v) is 13.0. The van der Waals surface area contributed by atoms with Crippen LogP contribution in [0, 0.1) is 23.2 Å². The van der Waals surface area contributed by atoms with Crippen LogP contribution in [-0.2, 0) is 14.3 Å². The molecule has 4 rings (SSSR count). The lowest BCUT2D eigenvalue weighted by Crippen LogP contribution is -2.56. The number of esters is 1. The van der Waals surface area contributed by atoms with Gasteiger partial charge in [0.25, 0.3) is 0 Å². The van der Waals surface area contributed by atoms with Crippen molar-refractivity contribution in [3.05, 3.63) is 11.6 Å². The number of ketones is 1. The van der Waals surface area contributed by atoms with Crippen LogP contribution in [0.5, 0.6) is 0 Å². The zero-order chi connectivity index (χ0) is 14.8. The average molecular weight is 288 g/mol. The lowest BCUT2D eigenvalue weighted by molar-refractivity contribution is -0.193. The van der Waals surface area contributed by atoms with Crippen LogP contribution < -0.4 is 0 Å². The normalized spacial score (nSPS) is 48.9. The summed E-state index contributed by atoms with van der Waals surface area (Å²) in [6.07, 6.45) is 8.44. The van der Waals surface area contributed by atoms with Crippen LogP contribution >= 0.6 is 0 Å². The first-order valence-corrected chi connectivity index (χ1v) is 8.38. The van der Waals surface area contributed by atoms with Gasteiger partial charge in [-0.05, 0) is 62.4 Å². The number of ether oxygens (including phenoxy) is 1. The van der Waals surface area contributed by atoms with Gasteiger partial charge in [0.15, 0.2) is 5.78 Å². The fourth-order valence-corrected chi connectivity index (χ4v) is 5.93. The highest BCUT2D eigenvalue weighted by molar-refractivity contribution is 5.94. The fraction of sp³-hybridized carbons (Fsp3) is 0.778. The Labute approximate surface area is 126 Å². The summed E-state index contributed by atoms with van der Waals surface area (Å²) in [6.45, 7) is 4.44. The number of hydrogen-bond acceptors (Lipinski definition) is 3. The molecule has 2 saturated carbocycles. The van der Waals surface area contributed by atoms with E-state index in [2.05, 4.69) is 13.8 Å². The lowest BCUT2D eigenvalue weighted by Gasteiger charge is -2.57. The Morgan fingerprint density at radius 1 is 1.10 bits per heavy atom. The van der Waals surface area contributed by atoms with Crippen LogP contribution in [0.25, 0.3) is 0 Å². The van der Waals surface area contributed by atoms with E-state index in [1.807, 2.05) is 6.08 Å². The van der Waals surface area contributed by atoms with E-state index in [1.165, 1.54) is 5.57 Å². The first-order chi connectivity index (χ1) is 9.92. The molecule has 0 bridgehead atoms. The minimum Gasteiger partial charge on any atom is -0.459 e. The molecule has 3 aliphatic carbocycles. The third-order valence-electron chi connectivity index (χ3n) is 6.95. The van der Waals surface area contributed by atoms with Crippen LogP contribution in [0.2, 0.25) is 0 Å². The quantitative estimate of drug-likeness (QED) is 0.641. The molecule has 0 aromatic rings. The van der Waals surface area contributed by atoms with Gasteiger partial charge in [-0.25, -0.2) is 0 Å². The SMILES string of the molecule is C[C@]12CC[C@H]3[C@H](CCC4=CC(=O)C[C@]43C)[C@@H]1CCC(=O)O2. The second-order valence-corrected chi connectivity index (χ2v) is 8.01. The monoisotopic (exact) mass is 288 g/mol.